The summed E-state index contributed by atoms with van der Waals surface area (Å²) in [5.41, 5.74) is 2.73. The molecule has 0 fully saturated rings. The van der Waals surface area contributed by atoms with E-state index in [0.717, 1.165) is 16.7 Å². The van der Waals surface area contributed by atoms with Gasteiger partial charge < -0.3 is 21.3 Å². The minimum Gasteiger partial charge on any atom is -0.368 e. The van der Waals surface area contributed by atoms with Crippen molar-refractivity contribution in [3.05, 3.63) is 77.9 Å². The molecule has 34 heavy (non-hydrogen) atoms. The van der Waals surface area contributed by atoms with Crippen molar-refractivity contribution in [1.29, 1.82) is 0 Å². The molecule has 0 spiro atoms. The molecule has 2 aromatic carbocycles. The molecule has 0 saturated carbocycles. The van der Waals surface area contributed by atoms with Crippen LogP contribution in [0.3, 0.4) is 0 Å². The number of rotatable bonds is 11. The largest absolute Gasteiger partial charge is 0.368 e. The van der Waals surface area contributed by atoms with Gasteiger partial charge in [-0.3, -0.25) is 9.59 Å². The van der Waals surface area contributed by atoms with Crippen molar-refractivity contribution >= 4 is 29.5 Å². The van der Waals surface area contributed by atoms with E-state index in [9.17, 15) is 9.59 Å². The lowest BCUT2D eigenvalue weighted by Crippen LogP contribution is -2.28. The first-order chi connectivity index (χ1) is 16.5. The van der Waals surface area contributed by atoms with Gasteiger partial charge in [-0.15, -0.1) is 0 Å². The molecule has 2 amide bonds. The van der Waals surface area contributed by atoms with E-state index in [1.807, 2.05) is 67.6 Å². The number of carbonyl (C=O) groups excluding carboxylic acids is 2. The molecule has 8 heteroatoms. The topological polar surface area (TPSA) is 108 Å². The molecule has 1 heterocycles. The third-order valence-corrected chi connectivity index (χ3v) is 4.91. The van der Waals surface area contributed by atoms with Gasteiger partial charge in [0.15, 0.2) is 5.82 Å². The number of hydrogen-bond donors (Lipinski definition) is 4. The zero-order valence-electron chi connectivity index (χ0n) is 19.5. The molecule has 0 unspecified atom stereocenters. The first-order valence-corrected chi connectivity index (χ1v) is 11.2. The number of aromatic nitrogens is 2. The summed E-state index contributed by atoms with van der Waals surface area (Å²) in [6.45, 7) is 5.39. The Kier molecular flexibility index (Phi) is 9.16. The Morgan fingerprint density at radius 2 is 1.35 bits per heavy atom. The Morgan fingerprint density at radius 3 is 1.94 bits per heavy atom. The predicted octanol–water partition coefficient (Wildman–Crippen LogP) is 3.24. The van der Waals surface area contributed by atoms with E-state index in [1.165, 1.54) is 13.0 Å². The molecule has 4 N–H and O–H groups in total. The summed E-state index contributed by atoms with van der Waals surface area (Å²) in [5, 5.41) is 12.2. The van der Waals surface area contributed by atoms with E-state index in [-0.39, 0.29) is 11.8 Å². The van der Waals surface area contributed by atoms with Crippen LogP contribution in [-0.4, -0.2) is 48.0 Å². The summed E-state index contributed by atoms with van der Waals surface area (Å²) >= 11 is 0. The third-order valence-electron chi connectivity index (χ3n) is 4.91. The molecular weight excluding hydrogens is 428 g/mol. The van der Waals surface area contributed by atoms with Crippen molar-refractivity contribution in [2.75, 3.05) is 36.8 Å². The minimum atomic E-state index is -0.157. The molecule has 3 aromatic rings. The normalized spacial score (nSPS) is 10.6. The lowest BCUT2D eigenvalue weighted by Gasteiger charge is -2.15. The Balaban J connectivity index is 1.62. The highest BCUT2D eigenvalue weighted by Gasteiger charge is 2.12. The van der Waals surface area contributed by atoms with E-state index in [2.05, 4.69) is 26.3 Å². The van der Waals surface area contributed by atoms with Gasteiger partial charge in [-0.25, -0.2) is 9.97 Å². The molecule has 3 rings (SSSR count). The summed E-state index contributed by atoms with van der Waals surface area (Å²) in [6.07, 6.45) is 3.30. The first kappa shape index (κ1) is 24.4. The Bertz CT molecular complexity index is 1120. The second kappa shape index (κ2) is 12.7. The molecule has 0 bridgehead atoms. The molecule has 0 aliphatic carbocycles. The summed E-state index contributed by atoms with van der Waals surface area (Å²) < 4.78 is 0. The van der Waals surface area contributed by atoms with Gasteiger partial charge in [0, 0.05) is 50.3 Å². The highest BCUT2D eigenvalue weighted by molar-refractivity contribution is 5.91. The summed E-state index contributed by atoms with van der Waals surface area (Å²) in [4.78, 5) is 32.6. The van der Waals surface area contributed by atoms with Crippen molar-refractivity contribution in [2.24, 2.45) is 0 Å². The van der Waals surface area contributed by atoms with Crippen LogP contribution in [0.1, 0.15) is 18.1 Å². The van der Waals surface area contributed by atoms with Crippen molar-refractivity contribution in [1.82, 2.24) is 20.6 Å². The molecule has 0 aliphatic rings. The molecule has 1 aromatic heterocycles. The van der Waals surface area contributed by atoms with Gasteiger partial charge in [0.25, 0.3) is 0 Å². The number of nitrogens with zero attached hydrogens (tertiary/aromatic N) is 2. The van der Waals surface area contributed by atoms with Crippen LogP contribution in [0.25, 0.3) is 17.5 Å². The highest BCUT2D eigenvalue weighted by Crippen LogP contribution is 2.24. The van der Waals surface area contributed by atoms with Crippen molar-refractivity contribution in [3.63, 3.8) is 0 Å². The van der Waals surface area contributed by atoms with Crippen LogP contribution in [0, 0.1) is 6.92 Å². The maximum absolute atomic E-state index is 12.1. The molecule has 0 atom stereocenters. The second-order valence-corrected chi connectivity index (χ2v) is 7.61. The summed E-state index contributed by atoms with van der Waals surface area (Å²) in [6, 6.07) is 19.4. The van der Waals surface area contributed by atoms with Crippen LogP contribution in [0.5, 0.6) is 0 Å². The fourth-order valence-corrected chi connectivity index (χ4v) is 3.16. The van der Waals surface area contributed by atoms with Gasteiger partial charge in [0.1, 0.15) is 11.6 Å². The fourth-order valence-electron chi connectivity index (χ4n) is 3.16. The smallest absolute Gasteiger partial charge is 0.244 e. The standard InChI is InChI=1S/C26H30N6O2/c1-19-24(29-17-15-27-20(2)33)31-26(22-11-7-4-8-12-22)32-25(19)30-18-16-28-23(34)14-13-21-9-5-3-6-10-21/h3-14H,15-18H2,1-2H3,(H,27,33)(H,28,34)(H2,29,30,31,32). The SMILES string of the molecule is CC(=O)NCCNc1nc(-c2ccccc2)nc(NCCNC(=O)C=Cc2ccccc2)c1C. The average molecular weight is 459 g/mol. The quantitative estimate of drug-likeness (QED) is 0.260. The van der Waals surface area contributed by atoms with Gasteiger partial charge in [0.05, 0.1) is 0 Å². The number of benzene rings is 2. The van der Waals surface area contributed by atoms with E-state index in [1.54, 1.807) is 6.08 Å². The summed E-state index contributed by atoms with van der Waals surface area (Å²) in [7, 11) is 0. The van der Waals surface area contributed by atoms with E-state index in [4.69, 9.17) is 4.98 Å². The molecule has 176 valence electrons. The van der Waals surface area contributed by atoms with Crippen molar-refractivity contribution in [3.8, 4) is 11.4 Å². The maximum Gasteiger partial charge on any atom is 0.244 e. The zero-order valence-corrected chi connectivity index (χ0v) is 19.5. The highest BCUT2D eigenvalue weighted by atomic mass is 16.2. The summed E-state index contributed by atoms with van der Waals surface area (Å²) in [5.74, 6) is 1.73. The van der Waals surface area contributed by atoms with Gasteiger partial charge >= 0.3 is 0 Å². The number of hydrogen-bond acceptors (Lipinski definition) is 6. The van der Waals surface area contributed by atoms with Crippen LogP contribution in [0.15, 0.2) is 66.7 Å². The molecule has 0 aliphatic heterocycles. The van der Waals surface area contributed by atoms with Crippen LogP contribution in [0.4, 0.5) is 11.6 Å². The number of amides is 2. The molecular formula is C26H30N6O2. The van der Waals surface area contributed by atoms with Crippen LogP contribution in [0.2, 0.25) is 0 Å². The lowest BCUT2D eigenvalue weighted by molar-refractivity contribution is -0.119. The third kappa shape index (κ3) is 7.74. The van der Waals surface area contributed by atoms with Gasteiger partial charge in [-0.05, 0) is 18.6 Å². The average Bonchev–Trinajstić information content (AvgIpc) is 2.85. The van der Waals surface area contributed by atoms with Crippen LogP contribution >= 0.6 is 0 Å². The number of anilines is 2. The molecule has 8 nitrogen and oxygen atoms in total. The van der Waals surface area contributed by atoms with Gasteiger partial charge in [-0.1, -0.05) is 60.7 Å². The Morgan fingerprint density at radius 1 is 0.794 bits per heavy atom. The van der Waals surface area contributed by atoms with Crippen LogP contribution < -0.4 is 21.3 Å². The van der Waals surface area contributed by atoms with E-state index < -0.39 is 0 Å². The Labute approximate surface area is 199 Å². The zero-order chi connectivity index (χ0) is 24.2. The predicted molar refractivity (Wildman–Crippen MR) is 136 cm³/mol. The van der Waals surface area contributed by atoms with Crippen molar-refractivity contribution in [2.45, 2.75) is 13.8 Å². The van der Waals surface area contributed by atoms with Gasteiger partial charge in [0.2, 0.25) is 11.8 Å². The van der Waals surface area contributed by atoms with E-state index >= 15 is 0 Å². The maximum atomic E-state index is 12.1. The van der Waals surface area contributed by atoms with Crippen molar-refractivity contribution < 1.29 is 9.59 Å². The second-order valence-electron chi connectivity index (χ2n) is 7.61. The minimum absolute atomic E-state index is 0.0748. The first-order valence-electron chi connectivity index (χ1n) is 11.2. The molecule has 0 saturated heterocycles. The Hall–Kier alpha value is -4.20. The molecule has 0 radical (unpaired) electrons. The number of carbonyl (C=O) groups is 2. The van der Waals surface area contributed by atoms with E-state index in [0.29, 0.717) is 43.6 Å². The van der Waals surface area contributed by atoms with Gasteiger partial charge in [-0.2, -0.15) is 0 Å². The lowest BCUT2D eigenvalue weighted by atomic mass is 10.2. The fraction of sp³-hybridized carbons (Fsp3) is 0.231. The van der Waals surface area contributed by atoms with Crippen LogP contribution in [-0.2, 0) is 9.59 Å². The monoisotopic (exact) mass is 458 g/mol. The number of nitrogens with one attached hydrogen (secondary N) is 4.